The molecule has 0 saturated heterocycles. The molecule has 1 aromatic carbocycles. The van der Waals surface area contributed by atoms with E-state index < -0.39 is 0 Å². The minimum absolute atomic E-state index is 0.541. The third-order valence-corrected chi connectivity index (χ3v) is 3.71. The number of thiazole rings is 1. The van der Waals surface area contributed by atoms with E-state index in [1.807, 2.05) is 43.0 Å². The molecule has 20 heavy (non-hydrogen) atoms. The van der Waals surface area contributed by atoms with Crippen molar-refractivity contribution in [3.05, 3.63) is 58.7 Å². The first-order chi connectivity index (χ1) is 9.81. The van der Waals surface area contributed by atoms with Crippen LogP contribution >= 0.6 is 11.3 Å². The summed E-state index contributed by atoms with van der Waals surface area (Å²) in [5.41, 5.74) is 3.18. The fourth-order valence-electron chi connectivity index (χ4n) is 1.89. The predicted octanol–water partition coefficient (Wildman–Crippen LogP) is 3.26. The maximum absolute atomic E-state index is 5.69. The topological polar surface area (TPSA) is 39.9 Å². The van der Waals surface area contributed by atoms with Gasteiger partial charge in [-0.25, -0.2) is 4.98 Å². The Bertz CT molecular complexity index is 675. The van der Waals surface area contributed by atoms with E-state index >= 15 is 0 Å². The van der Waals surface area contributed by atoms with Crippen LogP contribution < -0.4 is 0 Å². The van der Waals surface area contributed by atoms with Crippen molar-refractivity contribution in [1.29, 1.82) is 0 Å². The Morgan fingerprint density at radius 1 is 1.20 bits per heavy atom. The van der Waals surface area contributed by atoms with E-state index in [-0.39, 0.29) is 0 Å². The fourth-order valence-corrected chi connectivity index (χ4v) is 2.63. The smallest absolute Gasteiger partial charge is 0.119 e. The quantitative estimate of drug-likeness (QED) is 0.722. The van der Waals surface area contributed by atoms with Crippen molar-refractivity contribution in [3.8, 4) is 11.3 Å². The van der Waals surface area contributed by atoms with Crippen molar-refractivity contribution in [2.24, 2.45) is 7.05 Å². The van der Waals surface area contributed by atoms with Gasteiger partial charge in [-0.2, -0.15) is 5.10 Å². The Morgan fingerprint density at radius 3 is 2.80 bits per heavy atom. The molecule has 3 rings (SSSR count). The van der Waals surface area contributed by atoms with Crippen LogP contribution in [0.15, 0.2) is 48.1 Å². The molecule has 0 atom stereocenters. The summed E-state index contributed by atoms with van der Waals surface area (Å²) < 4.78 is 7.47. The van der Waals surface area contributed by atoms with Crippen molar-refractivity contribution < 1.29 is 4.74 Å². The summed E-state index contributed by atoms with van der Waals surface area (Å²) >= 11 is 1.62. The van der Waals surface area contributed by atoms with Gasteiger partial charge in [0.05, 0.1) is 25.1 Å². The van der Waals surface area contributed by atoms with E-state index in [9.17, 15) is 0 Å². The van der Waals surface area contributed by atoms with Gasteiger partial charge in [-0.15, -0.1) is 11.3 Å². The number of rotatable bonds is 5. The molecule has 2 heterocycles. The van der Waals surface area contributed by atoms with Crippen molar-refractivity contribution in [2.45, 2.75) is 13.2 Å². The summed E-state index contributed by atoms with van der Waals surface area (Å²) in [6.45, 7) is 1.16. The summed E-state index contributed by atoms with van der Waals surface area (Å²) in [7, 11) is 1.90. The third-order valence-electron chi connectivity index (χ3n) is 2.89. The second-order valence-corrected chi connectivity index (χ2v) is 5.45. The van der Waals surface area contributed by atoms with Gasteiger partial charge in [-0.05, 0) is 5.56 Å². The minimum Gasteiger partial charge on any atom is -0.370 e. The van der Waals surface area contributed by atoms with E-state index in [2.05, 4.69) is 22.2 Å². The summed E-state index contributed by atoms with van der Waals surface area (Å²) in [6, 6.07) is 10.2. The highest BCUT2D eigenvalue weighted by Gasteiger charge is 2.06. The maximum Gasteiger partial charge on any atom is 0.119 e. The molecule has 4 nitrogen and oxygen atoms in total. The van der Waals surface area contributed by atoms with Crippen LogP contribution in [0, 0.1) is 0 Å². The highest BCUT2D eigenvalue weighted by atomic mass is 32.1. The second-order valence-electron chi connectivity index (χ2n) is 4.51. The number of aryl methyl sites for hydroxylation is 1. The normalized spacial score (nSPS) is 10.8. The molecule has 0 radical (unpaired) electrons. The van der Waals surface area contributed by atoms with Gasteiger partial charge >= 0.3 is 0 Å². The summed E-state index contributed by atoms with van der Waals surface area (Å²) in [5, 5.41) is 7.18. The van der Waals surface area contributed by atoms with Crippen LogP contribution in [-0.2, 0) is 25.0 Å². The lowest BCUT2D eigenvalue weighted by molar-refractivity contribution is 0.107. The van der Waals surface area contributed by atoms with Gasteiger partial charge in [0.1, 0.15) is 5.01 Å². The average molecular weight is 285 g/mol. The molecule has 0 aliphatic rings. The summed E-state index contributed by atoms with van der Waals surface area (Å²) in [5.74, 6) is 0. The first-order valence-corrected chi connectivity index (χ1v) is 7.24. The number of hydrogen-bond acceptors (Lipinski definition) is 4. The molecule has 2 aromatic heterocycles. The fraction of sp³-hybridized carbons (Fsp3) is 0.200. The van der Waals surface area contributed by atoms with Crippen molar-refractivity contribution in [2.75, 3.05) is 0 Å². The van der Waals surface area contributed by atoms with E-state index in [4.69, 9.17) is 4.74 Å². The summed E-state index contributed by atoms with van der Waals surface area (Å²) in [4.78, 5) is 4.57. The van der Waals surface area contributed by atoms with E-state index in [1.54, 1.807) is 16.0 Å². The van der Waals surface area contributed by atoms with Crippen molar-refractivity contribution >= 4 is 11.3 Å². The monoisotopic (exact) mass is 285 g/mol. The van der Waals surface area contributed by atoms with E-state index in [0.717, 1.165) is 16.3 Å². The molecular weight excluding hydrogens is 270 g/mol. The highest BCUT2D eigenvalue weighted by molar-refractivity contribution is 7.09. The second kappa shape index (κ2) is 5.98. The summed E-state index contributed by atoms with van der Waals surface area (Å²) in [6.07, 6.45) is 3.79. The number of ether oxygens (including phenoxy) is 1. The van der Waals surface area contributed by atoms with Gasteiger partial charge in [-0.3, -0.25) is 4.68 Å². The minimum atomic E-state index is 0.541. The lowest BCUT2D eigenvalue weighted by atomic mass is 10.2. The SMILES string of the molecule is Cn1cc(-c2csc(COCc3ccccc3)n2)cn1. The standard InChI is InChI=1S/C15H15N3OS/c1-18-8-13(7-16-18)14-11-20-15(17-14)10-19-9-12-5-3-2-4-6-12/h2-8,11H,9-10H2,1H3. The molecule has 0 saturated carbocycles. The van der Waals surface area contributed by atoms with Crippen molar-refractivity contribution in [3.63, 3.8) is 0 Å². The maximum atomic E-state index is 5.69. The van der Waals surface area contributed by atoms with Crippen LogP contribution in [0.1, 0.15) is 10.6 Å². The Kier molecular flexibility index (Phi) is 3.90. The Balaban J connectivity index is 1.58. The third kappa shape index (κ3) is 3.12. The molecule has 0 spiro atoms. The molecule has 0 aliphatic carbocycles. The largest absolute Gasteiger partial charge is 0.370 e. The highest BCUT2D eigenvalue weighted by Crippen LogP contribution is 2.21. The van der Waals surface area contributed by atoms with Gasteiger partial charge in [0, 0.05) is 24.2 Å². The van der Waals surface area contributed by atoms with Gasteiger partial charge in [0.15, 0.2) is 0 Å². The van der Waals surface area contributed by atoms with Crippen LogP contribution in [0.3, 0.4) is 0 Å². The first-order valence-electron chi connectivity index (χ1n) is 6.36. The molecule has 0 amide bonds. The molecule has 3 aromatic rings. The Labute approximate surface area is 121 Å². The van der Waals surface area contributed by atoms with Gasteiger partial charge in [0.2, 0.25) is 0 Å². The van der Waals surface area contributed by atoms with Crippen LogP contribution in [0.25, 0.3) is 11.3 Å². The lowest BCUT2D eigenvalue weighted by Crippen LogP contribution is -1.93. The molecule has 0 bridgehead atoms. The molecule has 0 N–H and O–H groups in total. The molecule has 5 heteroatoms. The number of hydrogen-bond donors (Lipinski definition) is 0. The number of benzene rings is 1. The van der Waals surface area contributed by atoms with Crippen LogP contribution in [-0.4, -0.2) is 14.8 Å². The van der Waals surface area contributed by atoms with E-state index in [0.29, 0.717) is 13.2 Å². The Hall–Kier alpha value is -1.98. The zero-order valence-corrected chi connectivity index (χ0v) is 12.0. The number of aromatic nitrogens is 3. The average Bonchev–Trinajstić information content (AvgIpc) is 3.09. The predicted molar refractivity (Wildman–Crippen MR) is 79.3 cm³/mol. The Morgan fingerprint density at radius 2 is 2.05 bits per heavy atom. The van der Waals surface area contributed by atoms with Crippen LogP contribution in [0.5, 0.6) is 0 Å². The zero-order valence-electron chi connectivity index (χ0n) is 11.2. The molecule has 102 valence electrons. The number of nitrogens with zero attached hydrogens (tertiary/aromatic N) is 3. The molecule has 0 aliphatic heterocycles. The van der Waals surface area contributed by atoms with E-state index in [1.165, 1.54) is 5.56 Å². The van der Waals surface area contributed by atoms with Crippen LogP contribution in [0.2, 0.25) is 0 Å². The molecular formula is C15H15N3OS. The van der Waals surface area contributed by atoms with Crippen LogP contribution in [0.4, 0.5) is 0 Å². The van der Waals surface area contributed by atoms with Gasteiger partial charge in [0.25, 0.3) is 0 Å². The van der Waals surface area contributed by atoms with Gasteiger partial charge < -0.3 is 4.74 Å². The zero-order chi connectivity index (χ0) is 13.8. The molecule has 0 unspecified atom stereocenters. The van der Waals surface area contributed by atoms with Crippen molar-refractivity contribution in [1.82, 2.24) is 14.8 Å². The van der Waals surface area contributed by atoms with Gasteiger partial charge in [-0.1, -0.05) is 30.3 Å². The first kappa shape index (κ1) is 13.0. The lowest BCUT2D eigenvalue weighted by Gasteiger charge is -2.01. The molecule has 0 fully saturated rings.